The minimum absolute atomic E-state index is 0.195. The van der Waals surface area contributed by atoms with Crippen molar-refractivity contribution in [3.05, 3.63) is 97.5 Å². The average molecular weight is 997 g/mol. The summed E-state index contributed by atoms with van der Waals surface area (Å²) in [7, 11) is 0. The summed E-state index contributed by atoms with van der Waals surface area (Å²) in [5.41, 5.74) is 1.79. The van der Waals surface area contributed by atoms with Crippen molar-refractivity contribution in [3.8, 4) is 17.2 Å². The van der Waals surface area contributed by atoms with E-state index in [0.717, 1.165) is 23.3 Å². The molecule has 0 bridgehead atoms. The van der Waals surface area contributed by atoms with Crippen LogP contribution in [0.3, 0.4) is 0 Å². The number of aromatic nitrogens is 3. The van der Waals surface area contributed by atoms with E-state index in [1.165, 1.54) is 0 Å². The highest BCUT2D eigenvalue weighted by atomic mass is 127. The Morgan fingerprint density at radius 2 is 1.10 bits per heavy atom. The molecule has 6 nitrogen and oxygen atoms in total. The lowest BCUT2D eigenvalue weighted by Crippen LogP contribution is -1.85. The van der Waals surface area contributed by atoms with Gasteiger partial charge in [-0.25, -0.2) is 0 Å². The highest BCUT2D eigenvalue weighted by molar-refractivity contribution is 14.1. The minimum Gasteiger partial charge on any atom is -0.505 e. The molecule has 0 fully saturated rings. The highest BCUT2D eigenvalue weighted by Gasteiger charge is 2.10. The van der Waals surface area contributed by atoms with Gasteiger partial charge in [0.05, 0.1) is 20.8 Å². The number of hydrogen-bond donors (Lipinski definition) is 3. The number of pyridine rings is 3. The van der Waals surface area contributed by atoms with Gasteiger partial charge < -0.3 is 15.3 Å². The van der Waals surface area contributed by atoms with Crippen molar-refractivity contribution in [1.29, 1.82) is 0 Å². The molecule has 0 amide bonds. The molecule has 3 heterocycles. The van der Waals surface area contributed by atoms with E-state index in [1.54, 1.807) is 42.9 Å². The Kier molecular flexibility index (Phi) is 10.7. The van der Waals surface area contributed by atoms with Crippen LogP contribution in [-0.2, 0) is 0 Å². The van der Waals surface area contributed by atoms with Crippen molar-refractivity contribution < 1.29 is 15.3 Å². The zero-order valence-corrected chi connectivity index (χ0v) is 29.5. The van der Waals surface area contributed by atoms with Crippen molar-refractivity contribution in [2.45, 2.75) is 0 Å². The van der Waals surface area contributed by atoms with Crippen LogP contribution in [0.4, 0.5) is 0 Å². The third-order valence-electron chi connectivity index (χ3n) is 5.31. The van der Waals surface area contributed by atoms with Crippen LogP contribution < -0.4 is 0 Å². The quantitative estimate of drug-likeness (QED) is 0.131. The molecule has 12 heteroatoms. The number of nitrogens with zero attached hydrogens (tertiary/aromatic N) is 3. The molecule has 6 aromatic rings. The van der Waals surface area contributed by atoms with Crippen LogP contribution in [0.25, 0.3) is 32.7 Å². The first kappa shape index (κ1) is 30.7. The van der Waals surface area contributed by atoms with Crippen LogP contribution in [-0.4, -0.2) is 30.3 Å². The summed E-state index contributed by atoms with van der Waals surface area (Å²) in [6.07, 6.45) is 4.96. The van der Waals surface area contributed by atoms with Gasteiger partial charge >= 0.3 is 0 Å². The Morgan fingerprint density at radius 1 is 0.641 bits per heavy atom. The summed E-state index contributed by atoms with van der Waals surface area (Å²) in [4.78, 5) is 12.3. The van der Waals surface area contributed by atoms with E-state index in [4.69, 9.17) is 23.2 Å². The molecule has 0 atom stereocenters. The minimum atomic E-state index is 0.195. The van der Waals surface area contributed by atoms with Gasteiger partial charge in [-0.3, -0.25) is 15.0 Å². The van der Waals surface area contributed by atoms with Crippen LogP contribution in [0.15, 0.2) is 73.2 Å². The van der Waals surface area contributed by atoms with Crippen molar-refractivity contribution >= 4 is 146 Å². The van der Waals surface area contributed by atoms with E-state index in [1.807, 2.05) is 75.5 Å². The Labute approximate surface area is 287 Å². The maximum atomic E-state index is 9.71. The maximum absolute atomic E-state index is 9.71. The predicted molar refractivity (Wildman–Crippen MR) is 191 cm³/mol. The van der Waals surface area contributed by atoms with E-state index in [-0.39, 0.29) is 17.2 Å². The molecular formula is C27H15Cl2I4N3O3. The van der Waals surface area contributed by atoms with Crippen molar-refractivity contribution in [2.75, 3.05) is 0 Å². The Morgan fingerprint density at radius 3 is 1.67 bits per heavy atom. The summed E-state index contributed by atoms with van der Waals surface area (Å²) >= 11 is 20.4. The number of rotatable bonds is 0. The molecule has 3 aromatic carbocycles. The first-order chi connectivity index (χ1) is 18.6. The molecule has 0 radical (unpaired) electrons. The summed E-state index contributed by atoms with van der Waals surface area (Å²) in [6.45, 7) is 0. The number of fused-ring (bicyclic) bond motifs is 3. The van der Waals surface area contributed by atoms with Crippen LogP contribution in [0, 0.1) is 14.3 Å². The van der Waals surface area contributed by atoms with Crippen molar-refractivity contribution in [1.82, 2.24) is 15.0 Å². The molecular weight excluding hydrogens is 982 g/mol. The second-order valence-electron chi connectivity index (χ2n) is 7.77. The van der Waals surface area contributed by atoms with Gasteiger partial charge in [0.1, 0.15) is 16.6 Å². The van der Waals surface area contributed by atoms with Gasteiger partial charge in [0.2, 0.25) is 0 Å². The molecule has 3 N–H and O–H groups in total. The Hall–Kier alpha value is -1.21. The molecule has 0 saturated heterocycles. The second kappa shape index (κ2) is 13.6. The van der Waals surface area contributed by atoms with E-state index in [2.05, 4.69) is 60.1 Å². The zero-order valence-electron chi connectivity index (χ0n) is 19.4. The third kappa shape index (κ3) is 6.99. The molecule has 0 unspecified atom stereocenters. The summed E-state index contributed by atoms with van der Waals surface area (Å²) < 4.78 is 3.39. The fourth-order valence-electron chi connectivity index (χ4n) is 3.47. The lowest BCUT2D eigenvalue weighted by molar-refractivity contribution is 0.476. The molecule has 0 aliphatic heterocycles. The number of phenols is 3. The smallest absolute Gasteiger partial charge is 0.155 e. The lowest BCUT2D eigenvalue weighted by Gasteiger charge is -2.03. The first-order valence-electron chi connectivity index (χ1n) is 10.8. The fraction of sp³-hybridized carbons (Fsp3) is 0. The molecule has 0 aliphatic rings. The zero-order chi connectivity index (χ0) is 28.3. The van der Waals surface area contributed by atoms with Crippen LogP contribution >= 0.6 is 114 Å². The number of benzene rings is 3. The van der Waals surface area contributed by atoms with Crippen LogP contribution in [0.5, 0.6) is 17.2 Å². The van der Waals surface area contributed by atoms with Crippen molar-refractivity contribution in [2.24, 2.45) is 0 Å². The lowest BCUT2D eigenvalue weighted by atomic mass is 10.2. The van der Waals surface area contributed by atoms with E-state index >= 15 is 0 Å². The van der Waals surface area contributed by atoms with E-state index in [9.17, 15) is 15.3 Å². The van der Waals surface area contributed by atoms with Gasteiger partial charge in [-0.2, -0.15) is 0 Å². The number of hydrogen-bond acceptors (Lipinski definition) is 6. The number of halogens is 6. The normalized spacial score (nSPS) is 10.6. The second-order valence-corrected chi connectivity index (χ2v) is 13.2. The highest BCUT2D eigenvalue weighted by Crippen LogP contribution is 2.34. The predicted octanol–water partition coefficient (Wildman–Crippen LogP) is 9.55. The van der Waals surface area contributed by atoms with E-state index in [0.29, 0.717) is 33.7 Å². The summed E-state index contributed by atoms with van der Waals surface area (Å²) in [6, 6.07) is 16.5. The topological polar surface area (TPSA) is 99.4 Å². The van der Waals surface area contributed by atoms with Gasteiger partial charge in [0, 0.05) is 38.3 Å². The number of aromatic hydroxyl groups is 3. The summed E-state index contributed by atoms with van der Waals surface area (Å²) in [5, 5.41) is 32.8. The largest absolute Gasteiger partial charge is 0.505 e. The van der Waals surface area contributed by atoms with Crippen molar-refractivity contribution in [3.63, 3.8) is 0 Å². The van der Waals surface area contributed by atoms with Gasteiger partial charge in [0.25, 0.3) is 0 Å². The fourth-order valence-corrected chi connectivity index (χ4v) is 7.41. The van der Waals surface area contributed by atoms with Gasteiger partial charge in [-0.05, 0) is 139 Å². The molecule has 0 aliphatic carbocycles. The monoisotopic (exact) mass is 996 g/mol. The molecule has 6 rings (SSSR count). The molecule has 3 aromatic heterocycles. The SMILES string of the molecule is Oc1c(I)cc([123I])c2cccnc12.Oc1c([123I])cc(Cl)c2cccnc12.Oc1c([124I])cc(Cl)c2cccnc12. The Balaban J connectivity index is 0.000000136. The molecule has 0 spiro atoms. The summed E-state index contributed by atoms with van der Waals surface area (Å²) in [5.74, 6) is 0.665. The first-order valence-corrected chi connectivity index (χ1v) is 15.9. The van der Waals surface area contributed by atoms with Crippen LogP contribution in [0.1, 0.15) is 0 Å². The van der Waals surface area contributed by atoms with Gasteiger partial charge in [-0.1, -0.05) is 29.3 Å². The maximum Gasteiger partial charge on any atom is 0.155 e. The molecule has 198 valence electrons. The van der Waals surface area contributed by atoms with Crippen LogP contribution in [0.2, 0.25) is 10.0 Å². The number of phenolic OH excluding ortho intramolecular Hbond substituents is 3. The molecule has 39 heavy (non-hydrogen) atoms. The van der Waals surface area contributed by atoms with E-state index < -0.39 is 0 Å². The standard InChI is InChI=1S/2C9H5ClINO.C9H5I2NO/c3*10-6-4-7(11)9(13)8-5(6)2-1-3-12-8/h3*1-4,13H/i11-3;11-4;10-4. The van der Waals surface area contributed by atoms with Gasteiger partial charge in [-0.15, -0.1) is 0 Å². The Bertz CT molecular complexity index is 1630. The third-order valence-corrected chi connectivity index (χ3v) is 9.29. The molecule has 0 saturated carbocycles. The van der Waals surface area contributed by atoms with Gasteiger partial charge in [0.15, 0.2) is 17.2 Å². The average Bonchev–Trinajstić information content (AvgIpc) is 2.94.